The molecule has 1 saturated heterocycles. The van der Waals surface area contributed by atoms with Gasteiger partial charge < -0.3 is 15.0 Å². The Morgan fingerprint density at radius 3 is 2.88 bits per heavy atom. The molecule has 0 saturated carbocycles. The third kappa shape index (κ3) is 4.78. The molecule has 5 rings (SSSR count). The number of ether oxygens (including phenoxy) is 1. The van der Waals surface area contributed by atoms with Gasteiger partial charge in [-0.3, -0.25) is 9.36 Å². The lowest BCUT2D eigenvalue weighted by atomic mass is 10.1. The van der Waals surface area contributed by atoms with Crippen molar-refractivity contribution in [2.45, 2.75) is 42.8 Å². The maximum Gasteiger partial charge on any atom is 0.237 e. The van der Waals surface area contributed by atoms with Crippen molar-refractivity contribution in [3.63, 3.8) is 0 Å². The molecule has 2 aromatic heterocycles. The van der Waals surface area contributed by atoms with Crippen LogP contribution in [0.3, 0.4) is 0 Å². The summed E-state index contributed by atoms with van der Waals surface area (Å²) in [7, 11) is 0. The summed E-state index contributed by atoms with van der Waals surface area (Å²) in [6.07, 6.45) is 4.13. The summed E-state index contributed by atoms with van der Waals surface area (Å²) in [5, 5.41) is 14.0. The van der Waals surface area contributed by atoms with Crippen LogP contribution in [0.2, 0.25) is 5.02 Å². The van der Waals surface area contributed by atoms with Gasteiger partial charge in [0.15, 0.2) is 11.0 Å². The van der Waals surface area contributed by atoms with E-state index < -0.39 is 0 Å². The Labute approximate surface area is 200 Å². The number of carbonyl (C=O) groups is 1. The van der Waals surface area contributed by atoms with Crippen LogP contribution in [0.5, 0.6) is 0 Å². The van der Waals surface area contributed by atoms with Crippen molar-refractivity contribution < 1.29 is 9.53 Å². The first-order chi connectivity index (χ1) is 16.1. The van der Waals surface area contributed by atoms with Gasteiger partial charge in [0.1, 0.15) is 0 Å². The number of fused-ring (bicyclic) bond motifs is 1. The van der Waals surface area contributed by atoms with Gasteiger partial charge in [-0.05, 0) is 50.1 Å². The van der Waals surface area contributed by atoms with Crippen molar-refractivity contribution in [3.05, 3.63) is 59.8 Å². The van der Waals surface area contributed by atoms with Gasteiger partial charge in [0.25, 0.3) is 0 Å². The Morgan fingerprint density at radius 1 is 1.27 bits per heavy atom. The fraction of sp³-hybridized carbons (Fsp3) is 0.292. The fourth-order valence-electron chi connectivity index (χ4n) is 3.98. The highest BCUT2D eigenvalue weighted by Crippen LogP contribution is 2.32. The van der Waals surface area contributed by atoms with E-state index in [1.165, 1.54) is 11.8 Å². The first kappa shape index (κ1) is 22.0. The zero-order valence-electron chi connectivity index (χ0n) is 18.1. The van der Waals surface area contributed by atoms with Crippen molar-refractivity contribution in [1.29, 1.82) is 0 Å². The largest absolute Gasteiger partial charge is 0.376 e. The number of rotatable bonds is 7. The average Bonchev–Trinajstić information content (AvgIpc) is 3.56. The zero-order chi connectivity index (χ0) is 22.8. The molecule has 1 aliphatic heterocycles. The molecule has 170 valence electrons. The van der Waals surface area contributed by atoms with E-state index >= 15 is 0 Å². The van der Waals surface area contributed by atoms with Crippen molar-refractivity contribution in [3.8, 4) is 11.4 Å². The highest BCUT2D eigenvalue weighted by Gasteiger charge is 2.25. The smallest absolute Gasteiger partial charge is 0.237 e. The lowest BCUT2D eigenvalue weighted by Gasteiger charge is -2.16. The number of para-hydroxylation sites is 1. The molecule has 2 atom stereocenters. The number of carbonyl (C=O) groups excluding carboxylic acids is 1. The molecule has 3 heterocycles. The van der Waals surface area contributed by atoms with E-state index in [0.29, 0.717) is 22.4 Å². The van der Waals surface area contributed by atoms with E-state index in [4.69, 9.17) is 16.3 Å². The molecule has 1 fully saturated rings. The second-order valence-electron chi connectivity index (χ2n) is 8.06. The minimum Gasteiger partial charge on any atom is -0.376 e. The fourth-order valence-corrected chi connectivity index (χ4v) is 4.96. The summed E-state index contributed by atoms with van der Waals surface area (Å²) in [5.41, 5.74) is 2.74. The molecule has 0 spiro atoms. The summed E-state index contributed by atoms with van der Waals surface area (Å²) in [6, 6.07) is 15.2. The molecule has 2 aromatic carbocycles. The lowest BCUT2D eigenvalue weighted by Crippen LogP contribution is -2.23. The van der Waals surface area contributed by atoms with Crippen molar-refractivity contribution in [1.82, 2.24) is 19.7 Å². The summed E-state index contributed by atoms with van der Waals surface area (Å²) in [4.78, 5) is 16.1. The monoisotopic (exact) mass is 481 g/mol. The lowest BCUT2D eigenvalue weighted by molar-refractivity contribution is -0.115. The summed E-state index contributed by atoms with van der Waals surface area (Å²) < 4.78 is 7.98. The van der Waals surface area contributed by atoms with E-state index in [9.17, 15) is 4.79 Å². The minimum atomic E-state index is -0.371. The van der Waals surface area contributed by atoms with E-state index in [-0.39, 0.29) is 17.3 Å². The summed E-state index contributed by atoms with van der Waals surface area (Å²) >= 11 is 7.33. The first-order valence-corrected chi connectivity index (χ1v) is 12.2. The van der Waals surface area contributed by atoms with Crippen LogP contribution in [0.4, 0.5) is 5.69 Å². The second-order valence-corrected chi connectivity index (χ2v) is 9.80. The number of thioether (sulfide) groups is 1. The minimum absolute atomic E-state index is 0.109. The molecule has 0 aliphatic carbocycles. The van der Waals surface area contributed by atoms with Gasteiger partial charge in [0, 0.05) is 40.0 Å². The SMILES string of the molecule is CC(Sc1nnc(-c2c[nH]c3ccccc23)n1CC1CCCO1)C(=O)Nc1ccc(Cl)cc1. The topological polar surface area (TPSA) is 84.8 Å². The van der Waals surface area contributed by atoms with Gasteiger partial charge in [0.05, 0.1) is 17.9 Å². The normalized spacial score (nSPS) is 16.8. The van der Waals surface area contributed by atoms with Crippen LogP contribution < -0.4 is 5.32 Å². The van der Waals surface area contributed by atoms with Crippen LogP contribution in [-0.2, 0) is 16.1 Å². The van der Waals surface area contributed by atoms with Crippen LogP contribution >= 0.6 is 23.4 Å². The Morgan fingerprint density at radius 2 is 2.09 bits per heavy atom. The number of hydrogen-bond acceptors (Lipinski definition) is 5. The highest BCUT2D eigenvalue weighted by atomic mass is 35.5. The predicted molar refractivity (Wildman–Crippen MR) is 132 cm³/mol. The van der Waals surface area contributed by atoms with Crippen molar-refractivity contribution >= 4 is 45.9 Å². The first-order valence-electron chi connectivity index (χ1n) is 10.9. The highest BCUT2D eigenvalue weighted by molar-refractivity contribution is 8.00. The number of anilines is 1. The van der Waals surface area contributed by atoms with Gasteiger partial charge in [0.2, 0.25) is 5.91 Å². The molecule has 2 unspecified atom stereocenters. The number of amides is 1. The predicted octanol–water partition coefficient (Wildman–Crippen LogP) is 5.38. The van der Waals surface area contributed by atoms with Gasteiger partial charge >= 0.3 is 0 Å². The number of aromatic amines is 1. The Balaban J connectivity index is 1.41. The molecule has 1 aliphatic rings. The van der Waals surface area contributed by atoms with Crippen LogP contribution in [0.1, 0.15) is 19.8 Å². The average molecular weight is 482 g/mol. The van der Waals surface area contributed by atoms with Crippen LogP contribution in [-0.4, -0.2) is 43.6 Å². The maximum atomic E-state index is 12.8. The quantitative estimate of drug-likeness (QED) is 0.346. The Hall–Kier alpha value is -2.81. The molecular weight excluding hydrogens is 458 g/mol. The van der Waals surface area contributed by atoms with E-state index in [2.05, 4.69) is 31.1 Å². The van der Waals surface area contributed by atoms with Gasteiger partial charge in [-0.15, -0.1) is 10.2 Å². The molecule has 0 bridgehead atoms. The molecule has 0 radical (unpaired) electrons. The third-order valence-corrected chi connectivity index (χ3v) is 7.05. The number of aromatic nitrogens is 4. The van der Waals surface area contributed by atoms with Crippen molar-refractivity contribution in [2.24, 2.45) is 0 Å². The van der Waals surface area contributed by atoms with Gasteiger partial charge in [-0.2, -0.15) is 0 Å². The molecule has 4 aromatic rings. The number of nitrogens with one attached hydrogen (secondary N) is 2. The number of halogens is 1. The summed E-state index contributed by atoms with van der Waals surface area (Å²) in [5.74, 6) is 0.665. The molecule has 2 N–H and O–H groups in total. The van der Waals surface area contributed by atoms with Gasteiger partial charge in [-0.1, -0.05) is 41.6 Å². The van der Waals surface area contributed by atoms with E-state index in [0.717, 1.165) is 41.7 Å². The van der Waals surface area contributed by atoms with Crippen LogP contribution in [0.25, 0.3) is 22.3 Å². The molecule has 33 heavy (non-hydrogen) atoms. The molecule has 9 heteroatoms. The van der Waals surface area contributed by atoms with Gasteiger partial charge in [-0.25, -0.2) is 0 Å². The second kappa shape index (κ2) is 9.59. The Bertz CT molecular complexity index is 1260. The Kier molecular flexibility index (Phi) is 6.39. The van der Waals surface area contributed by atoms with Crippen LogP contribution in [0.15, 0.2) is 59.9 Å². The number of benzene rings is 2. The number of hydrogen-bond donors (Lipinski definition) is 2. The summed E-state index contributed by atoms with van der Waals surface area (Å²) in [6.45, 7) is 3.29. The van der Waals surface area contributed by atoms with Crippen molar-refractivity contribution in [2.75, 3.05) is 11.9 Å². The van der Waals surface area contributed by atoms with Crippen LogP contribution in [0, 0.1) is 0 Å². The molecule has 1 amide bonds. The number of nitrogens with zero attached hydrogens (tertiary/aromatic N) is 3. The molecular formula is C24H24ClN5O2S. The molecule has 7 nitrogen and oxygen atoms in total. The zero-order valence-corrected chi connectivity index (χ0v) is 19.7. The standard InChI is InChI=1S/C24H24ClN5O2S/c1-15(23(31)27-17-10-8-16(25)9-11-17)33-24-29-28-22(30(24)14-18-5-4-12-32-18)20-13-26-21-7-3-2-6-19(20)21/h2-3,6-11,13,15,18,26H,4-5,12,14H2,1H3,(H,27,31). The number of H-pyrrole nitrogens is 1. The van der Waals surface area contributed by atoms with E-state index in [1.807, 2.05) is 31.3 Å². The third-order valence-electron chi connectivity index (χ3n) is 5.72. The van der Waals surface area contributed by atoms with E-state index in [1.54, 1.807) is 24.3 Å². The maximum absolute atomic E-state index is 12.8.